The van der Waals surface area contributed by atoms with Crippen LogP contribution in [0.5, 0.6) is 5.75 Å². The Balaban J connectivity index is 1.62. The molecule has 4 nitrogen and oxygen atoms in total. The van der Waals surface area contributed by atoms with Crippen LogP contribution in [0.15, 0.2) is 88.0 Å². The Morgan fingerprint density at radius 1 is 1.03 bits per heavy atom. The number of aliphatic imine (C=N–C) groups is 1. The Morgan fingerprint density at radius 2 is 1.79 bits per heavy atom. The number of hydrogen-bond acceptors (Lipinski definition) is 4. The van der Waals surface area contributed by atoms with E-state index in [-0.39, 0.29) is 5.70 Å². The van der Waals surface area contributed by atoms with Gasteiger partial charge in [-0.15, -0.1) is 0 Å². The lowest BCUT2D eigenvalue weighted by Crippen LogP contribution is -2.05. The van der Waals surface area contributed by atoms with Crippen molar-refractivity contribution in [1.29, 1.82) is 0 Å². The minimum absolute atomic E-state index is 0.239. The summed E-state index contributed by atoms with van der Waals surface area (Å²) in [6, 6.07) is 23.3. The number of carbonyl (C=O) groups is 1. The molecule has 5 heteroatoms. The first-order valence-electron chi connectivity index (χ1n) is 9.14. The van der Waals surface area contributed by atoms with Gasteiger partial charge in [-0.3, -0.25) is 0 Å². The summed E-state index contributed by atoms with van der Waals surface area (Å²) in [5.74, 6) is 0.494. The largest absolute Gasteiger partial charge is 0.488 e. The van der Waals surface area contributed by atoms with Crippen LogP contribution in [-0.4, -0.2) is 11.9 Å². The highest BCUT2D eigenvalue weighted by molar-refractivity contribution is 9.10. The van der Waals surface area contributed by atoms with E-state index >= 15 is 0 Å². The zero-order chi connectivity index (χ0) is 20.2. The number of halogens is 1. The summed E-state index contributed by atoms with van der Waals surface area (Å²) < 4.78 is 12.2. The van der Waals surface area contributed by atoms with Crippen molar-refractivity contribution in [2.45, 2.75) is 13.5 Å². The van der Waals surface area contributed by atoms with Gasteiger partial charge in [-0.2, -0.15) is 0 Å². The molecular weight excluding hydrogens is 430 g/mol. The normalized spacial score (nSPS) is 14.6. The van der Waals surface area contributed by atoms with Crippen LogP contribution in [0.3, 0.4) is 0 Å². The highest BCUT2D eigenvalue weighted by Crippen LogP contribution is 2.28. The Labute approximate surface area is 177 Å². The predicted octanol–water partition coefficient (Wildman–Crippen LogP) is 5.68. The number of hydrogen-bond donors (Lipinski definition) is 0. The van der Waals surface area contributed by atoms with Crippen LogP contribution in [-0.2, 0) is 16.1 Å². The van der Waals surface area contributed by atoms with E-state index in [2.05, 4.69) is 20.9 Å². The predicted molar refractivity (Wildman–Crippen MR) is 117 cm³/mol. The maximum absolute atomic E-state index is 12.3. The van der Waals surface area contributed by atoms with Crippen LogP contribution in [0.2, 0.25) is 0 Å². The van der Waals surface area contributed by atoms with E-state index in [1.165, 1.54) is 0 Å². The number of nitrogens with zero attached hydrogens (tertiary/aromatic N) is 1. The number of aryl methyl sites for hydroxylation is 1. The van der Waals surface area contributed by atoms with E-state index in [0.29, 0.717) is 18.3 Å². The van der Waals surface area contributed by atoms with E-state index in [1.54, 1.807) is 6.08 Å². The molecule has 3 aromatic carbocycles. The van der Waals surface area contributed by atoms with E-state index in [1.807, 2.05) is 79.7 Å². The molecule has 0 atom stereocenters. The zero-order valence-corrected chi connectivity index (χ0v) is 17.3. The van der Waals surface area contributed by atoms with Crippen LogP contribution in [0.4, 0.5) is 0 Å². The molecule has 144 valence electrons. The van der Waals surface area contributed by atoms with Gasteiger partial charge in [0.05, 0.1) is 0 Å². The molecule has 3 aromatic rings. The molecule has 0 bridgehead atoms. The second-order valence-corrected chi connectivity index (χ2v) is 7.57. The lowest BCUT2D eigenvalue weighted by atomic mass is 10.1. The maximum atomic E-state index is 12.3. The summed E-state index contributed by atoms with van der Waals surface area (Å²) in [5, 5.41) is 0. The van der Waals surface area contributed by atoms with Gasteiger partial charge >= 0.3 is 5.97 Å². The summed E-state index contributed by atoms with van der Waals surface area (Å²) in [4.78, 5) is 16.7. The van der Waals surface area contributed by atoms with Crippen molar-refractivity contribution in [3.05, 3.63) is 105 Å². The van der Waals surface area contributed by atoms with Crippen molar-refractivity contribution in [2.75, 3.05) is 0 Å². The van der Waals surface area contributed by atoms with Crippen molar-refractivity contribution in [2.24, 2.45) is 4.99 Å². The molecule has 0 aromatic heterocycles. The second kappa shape index (κ2) is 8.45. The Kier molecular flexibility index (Phi) is 5.58. The molecule has 0 spiro atoms. The highest BCUT2D eigenvalue weighted by atomic mass is 79.9. The molecule has 0 saturated carbocycles. The third-order valence-corrected chi connectivity index (χ3v) is 4.91. The van der Waals surface area contributed by atoms with Gasteiger partial charge in [0.25, 0.3) is 0 Å². The van der Waals surface area contributed by atoms with Gasteiger partial charge in [0.1, 0.15) is 12.4 Å². The number of ether oxygens (including phenoxy) is 2. The fourth-order valence-corrected chi connectivity index (χ4v) is 3.25. The Bertz CT molecular complexity index is 1100. The van der Waals surface area contributed by atoms with E-state index in [9.17, 15) is 4.79 Å². The Morgan fingerprint density at radius 3 is 2.55 bits per heavy atom. The van der Waals surface area contributed by atoms with Gasteiger partial charge < -0.3 is 9.47 Å². The molecule has 0 radical (unpaired) electrons. The van der Waals surface area contributed by atoms with Crippen molar-refractivity contribution in [1.82, 2.24) is 0 Å². The third-order valence-electron chi connectivity index (χ3n) is 4.42. The van der Waals surface area contributed by atoms with Gasteiger partial charge in [-0.05, 0) is 48.9 Å². The molecular formula is C24H18BrNO3. The average Bonchev–Trinajstić information content (AvgIpc) is 3.09. The monoisotopic (exact) mass is 447 g/mol. The van der Waals surface area contributed by atoms with Gasteiger partial charge in [0.15, 0.2) is 5.70 Å². The number of rotatable bonds is 5. The van der Waals surface area contributed by atoms with Crippen molar-refractivity contribution in [3.63, 3.8) is 0 Å². The van der Waals surface area contributed by atoms with Crippen molar-refractivity contribution >= 4 is 33.9 Å². The molecule has 29 heavy (non-hydrogen) atoms. The molecule has 0 fully saturated rings. The minimum Gasteiger partial charge on any atom is -0.488 e. The maximum Gasteiger partial charge on any atom is 0.363 e. The molecule has 0 saturated heterocycles. The first kappa shape index (κ1) is 19.2. The summed E-state index contributed by atoms with van der Waals surface area (Å²) in [6.07, 6.45) is 1.69. The SMILES string of the molecule is Cc1ccc(C2=N/C(=C/c3cc(Br)ccc3OCc3ccccc3)C(=O)O2)cc1. The minimum atomic E-state index is -0.477. The van der Waals surface area contributed by atoms with E-state index in [0.717, 1.165) is 26.7 Å². The smallest absolute Gasteiger partial charge is 0.363 e. The Hall–Kier alpha value is -3.18. The molecule has 1 heterocycles. The summed E-state index contributed by atoms with van der Waals surface area (Å²) in [6.45, 7) is 2.43. The molecule has 0 N–H and O–H groups in total. The van der Waals surface area contributed by atoms with Crippen molar-refractivity contribution < 1.29 is 14.3 Å². The number of cyclic esters (lactones) is 1. The van der Waals surface area contributed by atoms with Gasteiger partial charge in [-0.25, -0.2) is 9.79 Å². The quantitative estimate of drug-likeness (QED) is 0.373. The summed E-state index contributed by atoms with van der Waals surface area (Å²) >= 11 is 3.48. The molecule has 4 rings (SSSR count). The van der Waals surface area contributed by atoms with Gasteiger partial charge in [0.2, 0.25) is 5.90 Å². The number of esters is 1. The fourth-order valence-electron chi connectivity index (χ4n) is 2.87. The zero-order valence-electron chi connectivity index (χ0n) is 15.8. The average molecular weight is 448 g/mol. The van der Waals surface area contributed by atoms with Gasteiger partial charge in [0, 0.05) is 15.6 Å². The molecule has 1 aliphatic heterocycles. The first-order chi connectivity index (χ1) is 14.1. The standard InChI is InChI=1S/C24H18BrNO3/c1-16-7-9-18(10-8-16)23-26-21(24(27)29-23)14-19-13-20(25)11-12-22(19)28-15-17-5-3-2-4-6-17/h2-14H,15H2,1H3/b21-14+. The first-order valence-corrected chi connectivity index (χ1v) is 9.94. The van der Waals surface area contributed by atoms with Crippen LogP contribution in [0.25, 0.3) is 6.08 Å². The van der Waals surface area contributed by atoms with Crippen LogP contribution >= 0.6 is 15.9 Å². The van der Waals surface area contributed by atoms with Crippen LogP contribution in [0, 0.1) is 6.92 Å². The number of benzene rings is 3. The van der Waals surface area contributed by atoms with Gasteiger partial charge in [-0.1, -0.05) is 64.0 Å². The molecule has 0 unspecified atom stereocenters. The fraction of sp³-hybridized carbons (Fsp3) is 0.0833. The van der Waals surface area contributed by atoms with Crippen LogP contribution < -0.4 is 4.74 Å². The lowest BCUT2D eigenvalue weighted by Gasteiger charge is -2.10. The topological polar surface area (TPSA) is 47.9 Å². The van der Waals surface area contributed by atoms with E-state index in [4.69, 9.17) is 9.47 Å². The molecule has 0 amide bonds. The summed E-state index contributed by atoms with van der Waals surface area (Å²) in [7, 11) is 0. The van der Waals surface area contributed by atoms with Crippen molar-refractivity contribution in [3.8, 4) is 5.75 Å². The number of carbonyl (C=O) groups excluding carboxylic acids is 1. The van der Waals surface area contributed by atoms with Crippen LogP contribution in [0.1, 0.15) is 22.3 Å². The molecule has 1 aliphatic rings. The third kappa shape index (κ3) is 4.63. The second-order valence-electron chi connectivity index (χ2n) is 6.66. The van der Waals surface area contributed by atoms with E-state index < -0.39 is 5.97 Å². The lowest BCUT2D eigenvalue weighted by molar-refractivity contribution is -0.129. The highest BCUT2D eigenvalue weighted by Gasteiger charge is 2.24. The molecule has 0 aliphatic carbocycles. The summed E-state index contributed by atoms with van der Waals surface area (Å²) in [5.41, 5.74) is 3.94.